The molecule has 1 N–H and O–H groups in total. The number of ether oxygens (including phenoxy) is 1. The van der Waals surface area contributed by atoms with Gasteiger partial charge < -0.3 is 9.84 Å². The van der Waals surface area contributed by atoms with E-state index in [0.29, 0.717) is 17.6 Å². The zero-order valence-corrected chi connectivity index (χ0v) is 10.8. The van der Waals surface area contributed by atoms with Crippen molar-refractivity contribution < 1.29 is 19.6 Å². The molecule has 6 heteroatoms. The molecule has 1 aromatic rings. The van der Waals surface area contributed by atoms with Crippen LogP contribution in [0.2, 0.25) is 0 Å². The number of hydrogen-bond donors (Lipinski definition) is 1. The van der Waals surface area contributed by atoms with Crippen LogP contribution in [0.4, 0.5) is 5.69 Å². The van der Waals surface area contributed by atoms with Crippen LogP contribution in [-0.4, -0.2) is 22.6 Å². The number of rotatable bonds is 5. The first-order chi connectivity index (χ1) is 8.99. The monoisotopic (exact) mass is 265 g/mol. The minimum Gasteiger partial charge on any atom is -0.507 e. The van der Waals surface area contributed by atoms with E-state index in [9.17, 15) is 20.0 Å². The Bertz CT molecular complexity index is 522. The van der Waals surface area contributed by atoms with Gasteiger partial charge in [0.2, 0.25) is 0 Å². The van der Waals surface area contributed by atoms with E-state index in [1.165, 1.54) is 18.2 Å². The van der Waals surface area contributed by atoms with Crippen molar-refractivity contribution in [3.8, 4) is 5.75 Å². The van der Waals surface area contributed by atoms with Gasteiger partial charge in [-0.05, 0) is 25.5 Å². The lowest BCUT2D eigenvalue weighted by Crippen LogP contribution is -2.06. The molecule has 0 heterocycles. The summed E-state index contributed by atoms with van der Waals surface area (Å²) in [5, 5.41) is 20.2. The quantitative estimate of drug-likeness (QED) is 0.382. The highest BCUT2D eigenvalue weighted by Gasteiger charge is 2.12. The molecule has 0 saturated carbocycles. The molecular formula is C13H15NO5. The molecule has 0 spiro atoms. The van der Waals surface area contributed by atoms with Crippen LogP contribution in [0, 0.1) is 10.1 Å². The molecule has 0 amide bonds. The van der Waals surface area contributed by atoms with E-state index in [1.54, 1.807) is 13.8 Å². The maximum Gasteiger partial charge on any atom is 0.333 e. The summed E-state index contributed by atoms with van der Waals surface area (Å²) in [6, 6.07) is 3.70. The SMILES string of the molecule is CCOC(=O)/C(=C/c1ccc([N+](=O)[O-])cc1O)CC. The highest BCUT2D eigenvalue weighted by molar-refractivity contribution is 5.94. The van der Waals surface area contributed by atoms with Crippen molar-refractivity contribution in [1.29, 1.82) is 0 Å². The van der Waals surface area contributed by atoms with E-state index in [4.69, 9.17) is 4.74 Å². The number of carbonyl (C=O) groups excluding carboxylic acids is 1. The average molecular weight is 265 g/mol. The van der Waals surface area contributed by atoms with Crippen LogP contribution < -0.4 is 0 Å². The van der Waals surface area contributed by atoms with E-state index >= 15 is 0 Å². The number of nitrogens with zero attached hydrogens (tertiary/aromatic N) is 1. The van der Waals surface area contributed by atoms with E-state index < -0.39 is 10.9 Å². The van der Waals surface area contributed by atoms with E-state index in [0.717, 1.165) is 6.07 Å². The molecule has 0 atom stereocenters. The Morgan fingerprint density at radius 3 is 2.63 bits per heavy atom. The summed E-state index contributed by atoms with van der Waals surface area (Å²) in [7, 11) is 0. The fourth-order valence-electron chi connectivity index (χ4n) is 1.48. The number of aromatic hydroxyl groups is 1. The number of esters is 1. The third-order valence-electron chi connectivity index (χ3n) is 2.47. The molecule has 0 saturated heterocycles. The standard InChI is InChI=1S/C13H15NO5/c1-3-9(13(16)19-4-2)7-10-5-6-11(14(17)18)8-12(10)15/h5-8,15H,3-4H2,1-2H3/b9-7+. The molecule has 0 aliphatic carbocycles. The molecule has 1 aromatic carbocycles. The Hall–Kier alpha value is -2.37. The lowest BCUT2D eigenvalue weighted by molar-refractivity contribution is -0.384. The van der Waals surface area contributed by atoms with Crippen molar-refractivity contribution in [1.82, 2.24) is 0 Å². The highest BCUT2D eigenvalue weighted by Crippen LogP contribution is 2.26. The summed E-state index contributed by atoms with van der Waals surface area (Å²) >= 11 is 0. The molecule has 19 heavy (non-hydrogen) atoms. The Balaban J connectivity index is 3.08. The van der Waals surface area contributed by atoms with Crippen molar-refractivity contribution in [2.45, 2.75) is 20.3 Å². The average Bonchev–Trinajstić information content (AvgIpc) is 2.37. The number of carbonyl (C=O) groups is 1. The Kier molecular flexibility index (Phi) is 5.05. The van der Waals surface area contributed by atoms with Crippen molar-refractivity contribution in [2.24, 2.45) is 0 Å². The maximum atomic E-state index is 11.6. The summed E-state index contributed by atoms with van der Waals surface area (Å²) in [5.41, 5.74) is 0.533. The van der Waals surface area contributed by atoms with Gasteiger partial charge in [-0.25, -0.2) is 4.79 Å². The van der Waals surface area contributed by atoms with Gasteiger partial charge in [0.05, 0.1) is 17.6 Å². The minimum absolute atomic E-state index is 0.205. The number of phenolic OH excluding ortho intramolecular Hbond substituents is 1. The number of non-ortho nitro benzene ring substituents is 1. The first-order valence-electron chi connectivity index (χ1n) is 5.84. The molecule has 1 rings (SSSR count). The van der Waals surface area contributed by atoms with Gasteiger partial charge in [0.15, 0.2) is 0 Å². The Labute approximate surface area is 110 Å². The topological polar surface area (TPSA) is 89.7 Å². The summed E-state index contributed by atoms with van der Waals surface area (Å²) in [5.74, 6) is -0.702. The lowest BCUT2D eigenvalue weighted by atomic mass is 10.1. The molecule has 0 unspecified atom stereocenters. The molecule has 0 aromatic heterocycles. The molecule has 6 nitrogen and oxygen atoms in total. The van der Waals surface area contributed by atoms with Gasteiger partial charge in [-0.1, -0.05) is 6.92 Å². The Morgan fingerprint density at radius 1 is 1.47 bits per heavy atom. The van der Waals surface area contributed by atoms with E-state index in [-0.39, 0.29) is 18.0 Å². The molecule has 102 valence electrons. The van der Waals surface area contributed by atoms with Crippen LogP contribution in [0.3, 0.4) is 0 Å². The molecular weight excluding hydrogens is 250 g/mol. The fourth-order valence-corrected chi connectivity index (χ4v) is 1.48. The summed E-state index contributed by atoms with van der Waals surface area (Å²) in [6.07, 6.45) is 1.91. The summed E-state index contributed by atoms with van der Waals surface area (Å²) < 4.78 is 4.87. The summed E-state index contributed by atoms with van der Waals surface area (Å²) in [6.45, 7) is 3.75. The predicted octanol–water partition coefficient (Wildman–Crippen LogP) is 2.66. The third kappa shape index (κ3) is 3.80. The number of phenols is 1. The minimum atomic E-state index is -0.598. The number of hydrogen-bond acceptors (Lipinski definition) is 5. The van der Waals surface area contributed by atoms with Crippen molar-refractivity contribution >= 4 is 17.7 Å². The van der Waals surface area contributed by atoms with Gasteiger partial charge >= 0.3 is 5.97 Å². The van der Waals surface area contributed by atoms with Gasteiger partial charge in [-0.15, -0.1) is 0 Å². The smallest absolute Gasteiger partial charge is 0.333 e. The van der Waals surface area contributed by atoms with Crippen LogP contribution in [0.25, 0.3) is 6.08 Å². The van der Waals surface area contributed by atoms with Gasteiger partial charge in [-0.3, -0.25) is 10.1 Å². The summed E-state index contributed by atoms with van der Waals surface area (Å²) in [4.78, 5) is 21.5. The zero-order valence-electron chi connectivity index (χ0n) is 10.8. The second kappa shape index (κ2) is 6.53. The lowest BCUT2D eigenvalue weighted by Gasteiger charge is -2.05. The highest BCUT2D eigenvalue weighted by atomic mass is 16.6. The van der Waals surface area contributed by atoms with Crippen LogP contribution in [0.5, 0.6) is 5.75 Å². The Morgan fingerprint density at radius 2 is 2.16 bits per heavy atom. The molecule has 0 bridgehead atoms. The normalized spacial score (nSPS) is 11.2. The predicted molar refractivity (Wildman–Crippen MR) is 69.7 cm³/mol. The molecule has 0 radical (unpaired) electrons. The van der Waals surface area contributed by atoms with Crippen LogP contribution >= 0.6 is 0 Å². The zero-order chi connectivity index (χ0) is 14.4. The number of nitro benzene ring substituents is 1. The molecule has 0 aliphatic rings. The van der Waals surface area contributed by atoms with E-state index in [2.05, 4.69) is 0 Å². The van der Waals surface area contributed by atoms with Gasteiger partial charge in [0.25, 0.3) is 5.69 Å². The number of benzene rings is 1. The van der Waals surface area contributed by atoms with Crippen molar-refractivity contribution in [2.75, 3.05) is 6.61 Å². The largest absolute Gasteiger partial charge is 0.507 e. The number of nitro groups is 1. The fraction of sp³-hybridized carbons (Fsp3) is 0.308. The first kappa shape index (κ1) is 14.7. The van der Waals surface area contributed by atoms with Gasteiger partial charge in [0, 0.05) is 17.2 Å². The van der Waals surface area contributed by atoms with Crippen LogP contribution in [-0.2, 0) is 9.53 Å². The third-order valence-corrected chi connectivity index (χ3v) is 2.47. The van der Waals surface area contributed by atoms with Gasteiger partial charge in [-0.2, -0.15) is 0 Å². The second-order valence-corrected chi connectivity index (χ2v) is 3.74. The molecule has 0 fully saturated rings. The van der Waals surface area contributed by atoms with Crippen LogP contribution in [0.15, 0.2) is 23.8 Å². The van der Waals surface area contributed by atoms with Crippen molar-refractivity contribution in [3.05, 3.63) is 39.4 Å². The van der Waals surface area contributed by atoms with Crippen molar-refractivity contribution in [3.63, 3.8) is 0 Å². The van der Waals surface area contributed by atoms with Gasteiger partial charge in [0.1, 0.15) is 5.75 Å². The molecule has 0 aliphatic heterocycles. The van der Waals surface area contributed by atoms with Crippen LogP contribution in [0.1, 0.15) is 25.8 Å². The first-order valence-corrected chi connectivity index (χ1v) is 5.84. The van der Waals surface area contributed by atoms with E-state index in [1.807, 2.05) is 0 Å². The second-order valence-electron chi connectivity index (χ2n) is 3.74. The maximum absolute atomic E-state index is 11.6.